The third-order valence-corrected chi connectivity index (χ3v) is 6.14. The molecule has 4 rings (SSSR count). The summed E-state index contributed by atoms with van der Waals surface area (Å²) in [7, 11) is 2.19. The lowest BCUT2D eigenvalue weighted by molar-refractivity contribution is -0.193. The van der Waals surface area contributed by atoms with E-state index in [-0.39, 0.29) is 5.54 Å². The Kier molecular flexibility index (Phi) is 10.1. The van der Waals surface area contributed by atoms with Crippen molar-refractivity contribution in [2.24, 2.45) is 0 Å². The SMILES string of the molecule is Cc1nnc2n1C1(CCN(Cc3cccc(Cl)c3)CC1)CN(C)C2.O=C(O)C(F)(F)F.O=C(O)C(F)(F)F. The number of aromatic nitrogens is 3. The Bertz CT molecular complexity index is 1090. The molecule has 0 saturated carbocycles. The van der Waals surface area contributed by atoms with Gasteiger partial charge < -0.3 is 14.8 Å². The van der Waals surface area contributed by atoms with Crippen molar-refractivity contribution in [1.82, 2.24) is 24.6 Å². The summed E-state index contributed by atoms with van der Waals surface area (Å²) < 4.78 is 65.9. The van der Waals surface area contributed by atoms with Crippen molar-refractivity contribution in [3.8, 4) is 0 Å². The van der Waals surface area contributed by atoms with Gasteiger partial charge in [-0.25, -0.2) is 9.59 Å². The van der Waals surface area contributed by atoms with E-state index in [1.54, 1.807) is 0 Å². The number of carboxylic acid groups (broad SMARTS) is 2. The molecule has 0 unspecified atom stereocenters. The highest BCUT2D eigenvalue weighted by atomic mass is 35.5. The Morgan fingerprint density at radius 1 is 1.03 bits per heavy atom. The molecule has 1 fully saturated rings. The number of benzene rings is 1. The molecule has 0 radical (unpaired) electrons. The molecule has 1 aromatic carbocycles. The number of alkyl halides is 6. The molecule has 38 heavy (non-hydrogen) atoms. The minimum Gasteiger partial charge on any atom is -0.475 e. The molecule has 1 aromatic heterocycles. The summed E-state index contributed by atoms with van der Waals surface area (Å²) in [5.74, 6) is -3.34. The number of rotatable bonds is 2. The maximum Gasteiger partial charge on any atom is 0.490 e. The second kappa shape index (κ2) is 12.3. The molecule has 3 heterocycles. The molecule has 2 aliphatic heterocycles. The number of fused-ring (bicyclic) bond motifs is 2. The number of hydrogen-bond acceptors (Lipinski definition) is 6. The summed E-state index contributed by atoms with van der Waals surface area (Å²) in [6, 6.07) is 8.20. The zero-order valence-corrected chi connectivity index (χ0v) is 21.1. The van der Waals surface area contributed by atoms with Gasteiger partial charge in [0, 0.05) is 31.2 Å². The van der Waals surface area contributed by atoms with Crippen LogP contribution in [0.3, 0.4) is 0 Å². The third-order valence-electron chi connectivity index (χ3n) is 5.91. The molecule has 0 atom stereocenters. The van der Waals surface area contributed by atoms with Crippen LogP contribution in [-0.4, -0.2) is 85.8 Å². The summed E-state index contributed by atoms with van der Waals surface area (Å²) in [4.78, 5) is 22.7. The van der Waals surface area contributed by atoms with Crippen LogP contribution < -0.4 is 0 Å². The van der Waals surface area contributed by atoms with Crippen molar-refractivity contribution in [2.45, 2.75) is 50.7 Å². The van der Waals surface area contributed by atoms with Crippen molar-refractivity contribution in [1.29, 1.82) is 0 Å². The smallest absolute Gasteiger partial charge is 0.475 e. The number of nitrogens with zero attached hydrogens (tertiary/aromatic N) is 5. The van der Waals surface area contributed by atoms with Crippen molar-refractivity contribution in [3.63, 3.8) is 0 Å². The molecule has 0 amide bonds. The van der Waals surface area contributed by atoms with Gasteiger partial charge in [-0.2, -0.15) is 26.3 Å². The van der Waals surface area contributed by atoms with Crippen LogP contribution in [0.15, 0.2) is 24.3 Å². The Morgan fingerprint density at radius 2 is 1.55 bits per heavy atom. The van der Waals surface area contributed by atoms with Gasteiger partial charge in [-0.15, -0.1) is 10.2 Å². The minimum atomic E-state index is -5.08. The standard InChI is InChI=1S/C18H24ClN5.2C2HF3O2/c1-14-20-21-17-12-22(2)13-18(24(14)17)6-8-23(9-7-18)11-15-4-3-5-16(19)10-15;2*3-2(4,5)1(6)7/h3-5,10H,6-9,11-13H2,1-2H3;2*(H,6,7). The van der Waals surface area contributed by atoms with E-state index in [1.165, 1.54) is 5.56 Å². The highest BCUT2D eigenvalue weighted by molar-refractivity contribution is 6.30. The fraction of sp³-hybridized carbons (Fsp3) is 0.545. The average Bonchev–Trinajstić information content (AvgIpc) is 3.16. The second-order valence-corrected chi connectivity index (χ2v) is 9.34. The first-order valence-electron chi connectivity index (χ1n) is 11.1. The van der Waals surface area contributed by atoms with Crippen LogP contribution in [0.25, 0.3) is 0 Å². The van der Waals surface area contributed by atoms with E-state index in [9.17, 15) is 26.3 Å². The van der Waals surface area contributed by atoms with Gasteiger partial charge in [0.25, 0.3) is 0 Å². The van der Waals surface area contributed by atoms with Crippen LogP contribution in [-0.2, 0) is 28.2 Å². The fourth-order valence-corrected chi connectivity index (χ4v) is 4.61. The summed E-state index contributed by atoms with van der Waals surface area (Å²) in [6.45, 7) is 7.23. The molecule has 16 heteroatoms. The lowest BCUT2D eigenvalue weighted by atomic mass is 9.84. The predicted octanol–water partition coefficient (Wildman–Crippen LogP) is 3.94. The molecule has 0 bridgehead atoms. The van der Waals surface area contributed by atoms with Gasteiger partial charge in [-0.1, -0.05) is 23.7 Å². The number of piperidine rings is 1. The van der Waals surface area contributed by atoms with Gasteiger partial charge in [0.15, 0.2) is 0 Å². The number of carbonyl (C=O) groups is 2. The Balaban J connectivity index is 0.000000301. The number of aliphatic carboxylic acids is 2. The highest BCUT2D eigenvalue weighted by Crippen LogP contribution is 2.36. The van der Waals surface area contributed by atoms with E-state index >= 15 is 0 Å². The maximum absolute atomic E-state index is 10.6. The van der Waals surface area contributed by atoms with Crippen LogP contribution in [0.2, 0.25) is 5.02 Å². The number of likely N-dealkylation sites (N-methyl/N-ethyl adjacent to an activating group) is 1. The van der Waals surface area contributed by atoms with Crippen molar-refractivity contribution in [3.05, 3.63) is 46.5 Å². The zero-order valence-electron chi connectivity index (χ0n) is 20.4. The normalized spacial score (nSPS) is 17.5. The Hall–Kier alpha value is -2.91. The summed E-state index contributed by atoms with van der Waals surface area (Å²) in [5, 5.41) is 23.8. The number of carboxylic acids is 2. The molecule has 1 saturated heterocycles. The Labute approximate surface area is 218 Å². The molecule has 2 N–H and O–H groups in total. The third kappa shape index (κ3) is 8.56. The zero-order chi connectivity index (χ0) is 28.9. The highest BCUT2D eigenvalue weighted by Gasteiger charge is 2.43. The van der Waals surface area contributed by atoms with E-state index in [0.29, 0.717) is 0 Å². The lowest BCUT2D eigenvalue weighted by Crippen LogP contribution is -2.55. The number of halogens is 7. The molecule has 1 spiro atoms. The lowest BCUT2D eigenvalue weighted by Gasteiger charge is -2.48. The van der Waals surface area contributed by atoms with Crippen LogP contribution >= 0.6 is 11.6 Å². The van der Waals surface area contributed by atoms with Gasteiger partial charge in [0.1, 0.15) is 11.6 Å². The average molecular weight is 574 g/mol. The maximum atomic E-state index is 10.6. The van der Waals surface area contributed by atoms with Gasteiger partial charge >= 0.3 is 24.3 Å². The van der Waals surface area contributed by atoms with E-state index in [4.69, 9.17) is 31.4 Å². The topological polar surface area (TPSA) is 112 Å². The summed E-state index contributed by atoms with van der Waals surface area (Å²) in [6.07, 6.45) is -7.88. The number of hydrogen-bond donors (Lipinski definition) is 2. The van der Waals surface area contributed by atoms with E-state index in [1.807, 2.05) is 12.1 Å². The molecule has 0 aliphatic carbocycles. The fourth-order valence-electron chi connectivity index (χ4n) is 4.40. The van der Waals surface area contributed by atoms with Crippen molar-refractivity contribution in [2.75, 3.05) is 26.7 Å². The summed E-state index contributed by atoms with van der Waals surface area (Å²) >= 11 is 6.12. The summed E-state index contributed by atoms with van der Waals surface area (Å²) in [5.41, 5.74) is 1.45. The van der Waals surface area contributed by atoms with Gasteiger partial charge in [-0.05, 0) is 44.5 Å². The molecule has 212 valence electrons. The van der Waals surface area contributed by atoms with E-state index in [0.717, 1.165) is 62.2 Å². The van der Waals surface area contributed by atoms with Crippen molar-refractivity contribution < 1.29 is 46.1 Å². The predicted molar refractivity (Wildman–Crippen MR) is 122 cm³/mol. The van der Waals surface area contributed by atoms with Crippen LogP contribution in [0.1, 0.15) is 30.1 Å². The van der Waals surface area contributed by atoms with Gasteiger partial charge in [-0.3, -0.25) is 9.80 Å². The van der Waals surface area contributed by atoms with Crippen molar-refractivity contribution >= 4 is 23.5 Å². The van der Waals surface area contributed by atoms with Gasteiger partial charge in [0.2, 0.25) is 0 Å². The first kappa shape index (κ1) is 31.3. The molecule has 2 aliphatic rings. The quantitative estimate of drug-likeness (QED) is 0.520. The monoisotopic (exact) mass is 573 g/mol. The minimum absolute atomic E-state index is 0.154. The molecular formula is C22H26ClF6N5O4. The second-order valence-electron chi connectivity index (χ2n) is 8.91. The first-order chi connectivity index (χ1) is 17.4. The molecule has 2 aromatic rings. The van der Waals surface area contributed by atoms with E-state index < -0.39 is 24.3 Å². The molecule has 9 nitrogen and oxygen atoms in total. The van der Waals surface area contributed by atoms with Crippen LogP contribution in [0, 0.1) is 6.92 Å². The Morgan fingerprint density at radius 3 is 2.03 bits per heavy atom. The van der Waals surface area contributed by atoms with Crippen LogP contribution in [0.5, 0.6) is 0 Å². The van der Waals surface area contributed by atoms with Crippen LogP contribution in [0.4, 0.5) is 26.3 Å². The first-order valence-corrected chi connectivity index (χ1v) is 11.5. The molecular weight excluding hydrogens is 548 g/mol. The van der Waals surface area contributed by atoms with Gasteiger partial charge in [0.05, 0.1) is 12.1 Å². The number of likely N-dealkylation sites (tertiary alicyclic amines) is 1. The number of aryl methyl sites for hydroxylation is 1. The van der Waals surface area contributed by atoms with E-state index in [2.05, 4.69) is 50.7 Å². The largest absolute Gasteiger partial charge is 0.490 e.